The summed E-state index contributed by atoms with van der Waals surface area (Å²) in [5.74, 6) is 0.714. The third-order valence-electron chi connectivity index (χ3n) is 2.46. The van der Waals surface area contributed by atoms with Crippen LogP contribution in [0.1, 0.15) is 5.69 Å². The summed E-state index contributed by atoms with van der Waals surface area (Å²) in [6.45, 7) is 0.395. The van der Waals surface area contributed by atoms with Gasteiger partial charge in [-0.1, -0.05) is 12.1 Å². The number of nitrogens with one attached hydrogen (secondary N) is 1. The van der Waals surface area contributed by atoms with Crippen LogP contribution < -0.4 is 4.74 Å². The molecule has 0 aliphatic rings. The number of rotatable bonds is 3. The topological polar surface area (TPSA) is 50.8 Å². The molecule has 0 fully saturated rings. The Morgan fingerprint density at radius 1 is 1.24 bits per heavy atom. The molecule has 0 aliphatic heterocycles. The van der Waals surface area contributed by atoms with E-state index in [1.165, 1.54) is 0 Å². The van der Waals surface area contributed by atoms with Crippen molar-refractivity contribution in [1.29, 1.82) is 0 Å². The Balaban J connectivity index is 1.82. The Bertz CT molecular complexity index is 619. The third kappa shape index (κ3) is 1.97. The van der Waals surface area contributed by atoms with Gasteiger partial charge in [-0.05, 0) is 12.1 Å². The quantitative estimate of drug-likeness (QED) is 0.742. The van der Waals surface area contributed by atoms with Crippen LogP contribution in [0, 0.1) is 6.20 Å². The number of aromatic nitrogens is 3. The molecular weight excluding hydrogens is 214 g/mol. The highest BCUT2D eigenvalue weighted by Crippen LogP contribution is 2.24. The van der Waals surface area contributed by atoms with Crippen LogP contribution in [-0.4, -0.2) is 15.0 Å². The summed E-state index contributed by atoms with van der Waals surface area (Å²) in [4.78, 5) is 11.2. The highest BCUT2D eigenvalue weighted by Gasteiger charge is 2.04. The van der Waals surface area contributed by atoms with Crippen LogP contribution in [-0.2, 0) is 6.61 Å². The van der Waals surface area contributed by atoms with Crippen molar-refractivity contribution in [2.24, 2.45) is 0 Å². The second-order valence-electron chi connectivity index (χ2n) is 3.61. The van der Waals surface area contributed by atoms with E-state index in [0.29, 0.717) is 12.4 Å². The van der Waals surface area contributed by atoms with Crippen LogP contribution in [0.5, 0.6) is 5.75 Å². The number of ether oxygens (including phenoxy) is 1. The van der Waals surface area contributed by atoms with Gasteiger partial charge in [-0.2, -0.15) is 0 Å². The van der Waals surface area contributed by atoms with E-state index >= 15 is 0 Å². The number of benzene rings is 1. The summed E-state index contributed by atoms with van der Waals surface area (Å²) >= 11 is 0. The van der Waals surface area contributed by atoms with Crippen LogP contribution in [0.25, 0.3) is 10.9 Å². The maximum absolute atomic E-state index is 5.66. The Morgan fingerprint density at radius 2 is 2.18 bits per heavy atom. The zero-order chi connectivity index (χ0) is 11.5. The monoisotopic (exact) mass is 224 g/mol. The van der Waals surface area contributed by atoms with Crippen LogP contribution in [0.4, 0.5) is 0 Å². The Labute approximate surface area is 98.3 Å². The molecule has 0 bridgehead atoms. The molecule has 1 aromatic carbocycles. The standard InChI is InChI=1S/C13H10N3O/c1-2-4-12-11(3-1)13(8-16-12)17-9-10-7-14-5-6-15-10/h1-7,16H,9H2. The SMILES string of the molecule is [c]1[nH]c2ccccc2c1OCc1cnccn1. The van der Waals surface area contributed by atoms with Crippen molar-refractivity contribution in [1.82, 2.24) is 15.0 Å². The third-order valence-corrected chi connectivity index (χ3v) is 2.46. The Morgan fingerprint density at radius 3 is 3.06 bits per heavy atom. The molecule has 0 aliphatic carbocycles. The highest BCUT2D eigenvalue weighted by molar-refractivity contribution is 5.85. The smallest absolute Gasteiger partial charge is 0.154 e. The predicted molar refractivity (Wildman–Crippen MR) is 63.5 cm³/mol. The molecule has 4 heteroatoms. The molecule has 3 rings (SSSR count). The lowest BCUT2D eigenvalue weighted by atomic mass is 10.2. The van der Waals surface area contributed by atoms with Crippen molar-refractivity contribution in [3.8, 4) is 5.75 Å². The van der Waals surface area contributed by atoms with Gasteiger partial charge in [0.25, 0.3) is 0 Å². The van der Waals surface area contributed by atoms with Gasteiger partial charge in [-0.3, -0.25) is 9.97 Å². The van der Waals surface area contributed by atoms with E-state index in [2.05, 4.69) is 21.1 Å². The fraction of sp³-hybridized carbons (Fsp3) is 0.0769. The molecule has 0 saturated carbocycles. The van der Waals surface area contributed by atoms with E-state index in [4.69, 9.17) is 4.74 Å². The van der Waals surface area contributed by atoms with Gasteiger partial charge in [0, 0.05) is 23.3 Å². The van der Waals surface area contributed by atoms with Crippen LogP contribution >= 0.6 is 0 Å². The van der Waals surface area contributed by atoms with Crippen molar-refractivity contribution in [3.63, 3.8) is 0 Å². The van der Waals surface area contributed by atoms with Crippen molar-refractivity contribution in [2.45, 2.75) is 6.61 Å². The van der Waals surface area contributed by atoms with E-state index in [0.717, 1.165) is 16.6 Å². The van der Waals surface area contributed by atoms with E-state index < -0.39 is 0 Å². The second-order valence-corrected chi connectivity index (χ2v) is 3.61. The summed E-state index contributed by atoms with van der Waals surface area (Å²) in [7, 11) is 0. The summed E-state index contributed by atoms with van der Waals surface area (Å²) in [5.41, 5.74) is 1.81. The fourth-order valence-electron chi connectivity index (χ4n) is 1.65. The Hall–Kier alpha value is -2.36. The fourth-order valence-corrected chi connectivity index (χ4v) is 1.65. The van der Waals surface area contributed by atoms with E-state index in [1.807, 2.05) is 24.3 Å². The molecular formula is C13H10N3O. The Kier molecular flexibility index (Phi) is 2.46. The number of fused-ring (bicyclic) bond motifs is 1. The summed E-state index contributed by atoms with van der Waals surface area (Å²) in [6, 6.07) is 7.92. The molecule has 0 saturated heterocycles. The first-order valence-corrected chi connectivity index (χ1v) is 5.29. The maximum Gasteiger partial charge on any atom is 0.154 e. The molecule has 1 radical (unpaired) electrons. The maximum atomic E-state index is 5.66. The number of para-hydroxylation sites is 1. The minimum absolute atomic E-state index is 0.395. The summed E-state index contributed by atoms with van der Waals surface area (Å²) in [6.07, 6.45) is 7.97. The summed E-state index contributed by atoms with van der Waals surface area (Å²) in [5, 5.41) is 1.02. The molecule has 83 valence electrons. The molecule has 2 heterocycles. The zero-order valence-corrected chi connectivity index (χ0v) is 9.05. The molecule has 0 amide bonds. The summed E-state index contributed by atoms with van der Waals surface area (Å²) < 4.78 is 5.66. The van der Waals surface area contributed by atoms with Gasteiger partial charge in [-0.25, -0.2) is 0 Å². The molecule has 0 atom stereocenters. The average molecular weight is 224 g/mol. The van der Waals surface area contributed by atoms with Gasteiger partial charge in [0.05, 0.1) is 11.9 Å². The zero-order valence-electron chi connectivity index (χ0n) is 9.05. The van der Waals surface area contributed by atoms with Gasteiger partial charge in [0.15, 0.2) is 5.75 Å². The predicted octanol–water partition coefficient (Wildman–Crippen LogP) is 2.34. The van der Waals surface area contributed by atoms with Crippen molar-refractivity contribution in [3.05, 3.63) is 54.7 Å². The highest BCUT2D eigenvalue weighted by atomic mass is 16.5. The first kappa shape index (κ1) is 9.84. The lowest BCUT2D eigenvalue weighted by molar-refractivity contribution is 0.304. The molecule has 0 spiro atoms. The first-order valence-electron chi connectivity index (χ1n) is 5.29. The van der Waals surface area contributed by atoms with Crippen LogP contribution in [0.3, 0.4) is 0 Å². The molecule has 4 nitrogen and oxygen atoms in total. The van der Waals surface area contributed by atoms with E-state index in [1.54, 1.807) is 18.6 Å². The lowest BCUT2D eigenvalue weighted by Crippen LogP contribution is -1.97. The van der Waals surface area contributed by atoms with Crippen LogP contribution in [0.15, 0.2) is 42.9 Å². The van der Waals surface area contributed by atoms with Gasteiger partial charge < -0.3 is 9.72 Å². The van der Waals surface area contributed by atoms with Crippen molar-refractivity contribution in [2.75, 3.05) is 0 Å². The number of hydrogen-bond acceptors (Lipinski definition) is 3. The van der Waals surface area contributed by atoms with Crippen molar-refractivity contribution >= 4 is 10.9 Å². The van der Waals surface area contributed by atoms with Gasteiger partial charge in [0.2, 0.25) is 0 Å². The minimum atomic E-state index is 0.395. The van der Waals surface area contributed by atoms with Gasteiger partial charge in [-0.15, -0.1) is 0 Å². The normalized spacial score (nSPS) is 10.6. The van der Waals surface area contributed by atoms with Crippen molar-refractivity contribution < 1.29 is 4.74 Å². The first-order chi connectivity index (χ1) is 8.43. The lowest BCUT2D eigenvalue weighted by Gasteiger charge is -2.02. The van der Waals surface area contributed by atoms with Gasteiger partial charge in [0.1, 0.15) is 12.8 Å². The number of aromatic amines is 1. The number of hydrogen-bond donors (Lipinski definition) is 1. The molecule has 2 aromatic heterocycles. The van der Waals surface area contributed by atoms with E-state index in [-0.39, 0.29) is 0 Å². The second kappa shape index (κ2) is 4.25. The number of nitrogens with zero attached hydrogens (tertiary/aromatic N) is 2. The van der Waals surface area contributed by atoms with Gasteiger partial charge >= 0.3 is 0 Å². The molecule has 1 N–H and O–H groups in total. The van der Waals surface area contributed by atoms with E-state index in [9.17, 15) is 0 Å². The molecule has 0 unspecified atom stereocenters. The van der Waals surface area contributed by atoms with Crippen LogP contribution in [0.2, 0.25) is 0 Å². The number of H-pyrrole nitrogens is 1. The molecule has 3 aromatic rings. The molecule has 17 heavy (non-hydrogen) atoms. The average Bonchev–Trinajstić information content (AvgIpc) is 2.81. The minimum Gasteiger partial charge on any atom is -0.484 e. The largest absolute Gasteiger partial charge is 0.484 e.